The number of ether oxygens (including phenoxy) is 1. The number of methoxy groups -OCH3 is 1. The van der Waals surface area contributed by atoms with Crippen molar-refractivity contribution in [2.45, 2.75) is 17.7 Å². The zero-order valence-corrected chi connectivity index (χ0v) is 22.3. The lowest BCUT2D eigenvalue weighted by Gasteiger charge is -2.32. The maximum Gasteiger partial charge on any atom is 0.261 e. The van der Waals surface area contributed by atoms with Crippen molar-refractivity contribution in [1.82, 2.24) is 19.9 Å². The average Bonchev–Trinajstić information content (AvgIpc) is 3.54. The van der Waals surface area contributed by atoms with Gasteiger partial charge in [-0.25, -0.2) is 8.42 Å². The fourth-order valence-corrected chi connectivity index (χ4v) is 7.77. The molecule has 8 nitrogen and oxygen atoms in total. The summed E-state index contributed by atoms with van der Waals surface area (Å²) in [6.45, 7) is 0.338. The molecule has 6 rings (SSSR count). The van der Waals surface area contributed by atoms with Crippen LogP contribution < -0.4 is 10.0 Å². The van der Waals surface area contributed by atoms with Gasteiger partial charge in [0.2, 0.25) is 0 Å². The predicted octanol–water partition coefficient (Wildman–Crippen LogP) is 4.39. The van der Waals surface area contributed by atoms with Crippen molar-refractivity contribution in [3.63, 3.8) is 0 Å². The Morgan fingerprint density at radius 3 is 2.81 bits per heavy atom. The van der Waals surface area contributed by atoms with Crippen LogP contribution in [0.1, 0.15) is 20.1 Å². The number of allylic oxidation sites excluding steroid dienone is 2. The van der Waals surface area contributed by atoms with E-state index >= 15 is 0 Å². The van der Waals surface area contributed by atoms with E-state index in [1.165, 1.54) is 19.2 Å². The van der Waals surface area contributed by atoms with Crippen molar-refractivity contribution < 1.29 is 17.9 Å². The number of hydrogen-bond acceptors (Lipinski definition) is 8. The standard InChI is InChI=1S/C26H22N4O4S3/c1-30-14-16-11-21(26(30)34-2)29-37(32,33)18-5-3-4-15(10-18)25(31)28-13-17-6-7-22(35-17)19-8-9-27-20-12-23(16)36-24(19)20/h3-12,14,26,29H,13H2,1-2H3,(H,28,31). The first-order valence-electron chi connectivity index (χ1n) is 11.4. The van der Waals surface area contributed by atoms with Crippen LogP contribution in [0.2, 0.25) is 0 Å². The van der Waals surface area contributed by atoms with E-state index in [1.807, 2.05) is 36.3 Å². The van der Waals surface area contributed by atoms with Crippen molar-refractivity contribution in [2.24, 2.45) is 0 Å². The molecule has 0 fully saturated rings. The number of carbonyl (C=O) groups is 1. The molecule has 37 heavy (non-hydrogen) atoms. The van der Waals surface area contributed by atoms with Crippen LogP contribution in [-0.2, 0) is 21.3 Å². The fraction of sp³-hybridized carbons (Fsp3) is 0.154. The van der Waals surface area contributed by atoms with Gasteiger partial charge < -0.3 is 15.0 Å². The molecule has 2 aliphatic rings. The molecule has 1 atom stereocenters. The molecule has 0 aliphatic carbocycles. The fourth-order valence-electron chi connectivity index (χ4n) is 4.47. The lowest BCUT2D eigenvalue weighted by molar-refractivity contribution is 0.0330. The van der Waals surface area contributed by atoms with Crippen LogP contribution in [0.25, 0.3) is 26.2 Å². The second kappa shape index (κ2) is 9.10. The van der Waals surface area contributed by atoms with Crippen molar-refractivity contribution in [2.75, 3.05) is 14.2 Å². The van der Waals surface area contributed by atoms with Gasteiger partial charge in [-0.15, -0.1) is 22.7 Å². The van der Waals surface area contributed by atoms with Crippen LogP contribution in [0.4, 0.5) is 0 Å². The van der Waals surface area contributed by atoms with E-state index in [0.717, 1.165) is 36.0 Å². The maximum absolute atomic E-state index is 13.4. The number of nitrogens with one attached hydrogen (secondary N) is 2. The molecule has 8 bridgehead atoms. The first kappa shape index (κ1) is 23.9. The minimum atomic E-state index is -4.00. The van der Waals surface area contributed by atoms with E-state index in [4.69, 9.17) is 4.74 Å². The van der Waals surface area contributed by atoms with Gasteiger partial charge in [0.15, 0.2) is 6.23 Å². The van der Waals surface area contributed by atoms with Crippen LogP contribution >= 0.6 is 22.7 Å². The minimum absolute atomic E-state index is 0.00936. The number of nitrogens with zero attached hydrogens (tertiary/aromatic N) is 2. The summed E-state index contributed by atoms with van der Waals surface area (Å²) in [6, 6.07) is 14.1. The van der Waals surface area contributed by atoms with E-state index in [2.05, 4.69) is 21.1 Å². The summed E-state index contributed by atoms with van der Waals surface area (Å²) in [5.74, 6) is -0.348. The Balaban J connectivity index is 1.54. The van der Waals surface area contributed by atoms with E-state index in [1.54, 1.807) is 47.1 Å². The van der Waals surface area contributed by atoms with Gasteiger partial charge in [0.25, 0.3) is 15.9 Å². The number of fused-ring (bicyclic) bond motifs is 8. The van der Waals surface area contributed by atoms with Gasteiger partial charge in [-0.2, -0.15) is 0 Å². The van der Waals surface area contributed by atoms with E-state index in [9.17, 15) is 13.2 Å². The first-order chi connectivity index (χ1) is 17.8. The van der Waals surface area contributed by atoms with Crippen molar-refractivity contribution in [1.29, 1.82) is 0 Å². The van der Waals surface area contributed by atoms with Crippen LogP contribution in [0.5, 0.6) is 0 Å². The Morgan fingerprint density at radius 1 is 1.11 bits per heavy atom. The lowest BCUT2D eigenvalue weighted by atomic mass is 10.1. The third-order valence-electron chi connectivity index (χ3n) is 6.22. The molecule has 1 aromatic carbocycles. The number of aromatic nitrogens is 1. The Morgan fingerprint density at radius 2 is 1.97 bits per heavy atom. The maximum atomic E-state index is 13.4. The van der Waals surface area contributed by atoms with Crippen molar-refractivity contribution >= 4 is 54.4 Å². The Labute approximate surface area is 222 Å². The molecule has 5 heterocycles. The van der Waals surface area contributed by atoms with Gasteiger partial charge >= 0.3 is 0 Å². The minimum Gasteiger partial charge on any atom is -0.356 e. The Bertz CT molecular complexity index is 1720. The summed E-state index contributed by atoms with van der Waals surface area (Å²) in [5.41, 5.74) is 3.40. The molecule has 3 aromatic heterocycles. The molecule has 11 heteroatoms. The quantitative estimate of drug-likeness (QED) is 0.365. The summed E-state index contributed by atoms with van der Waals surface area (Å²) in [4.78, 5) is 22.3. The highest BCUT2D eigenvalue weighted by atomic mass is 32.2. The van der Waals surface area contributed by atoms with Gasteiger partial charge in [0.1, 0.15) is 0 Å². The lowest BCUT2D eigenvalue weighted by Crippen LogP contribution is -2.40. The van der Waals surface area contributed by atoms with E-state index < -0.39 is 16.3 Å². The van der Waals surface area contributed by atoms with Gasteiger partial charge in [-0.05, 0) is 48.5 Å². The van der Waals surface area contributed by atoms with Crippen molar-refractivity contribution in [3.05, 3.63) is 88.0 Å². The zero-order chi connectivity index (χ0) is 25.7. The summed E-state index contributed by atoms with van der Waals surface area (Å²) in [6.07, 6.45) is 4.88. The molecule has 0 saturated heterocycles. The summed E-state index contributed by atoms with van der Waals surface area (Å²) in [7, 11) is -0.648. The highest BCUT2D eigenvalue weighted by Gasteiger charge is 2.28. The van der Waals surface area contributed by atoms with Gasteiger partial charge in [0.05, 0.1) is 27.4 Å². The molecule has 188 valence electrons. The third-order valence-corrected chi connectivity index (χ3v) is 9.92. The SMILES string of the molecule is COC1C2=CC(=CN1C)c1cc3nccc(c3s1)-c1ccc(s1)CNC(=O)c1cccc(c1)S(=O)(=O)N2. The van der Waals surface area contributed by atoms with Gasteiger partial charge in [-0.1, -0.05) is 6.07 Å². The van der Waals surface area contributed by atoms with Crippen LogP contribution in [0.15, 0.2) is 77.6 Å². The zero-order valence-electron chi connectivity index (χ0n) is 19.9. The number of pyridine rings is 1. The Kier molecular flexibility index (Phi) is 5.87. The largest absolute Gasteiger partial charge is 0.356 e. The number of sulfonamides is 1. The third kappa shape index (κ3) is 4.33. The molecular formula is C26H22N4O4S3. The number of amides is 1. The average molecular weight is 551 g/mol. The molecule has 0 radical (unpaired) electrons. The second-order valence-corrected chi connectivity index (χ2v) is 12.6. The monoisotopic (exact) mass is 550 g/mol. The number of carbonyl (C=O) groups excluding carboxylic acids is 1. The number of thiophene rings is 2. The molecule has 4 aromatic rings. The highest BCUT2D eigenvalue weighted by Crippen LogP contribution is 2.40. The highest BCUT2D eigenvalue weighted by molar-refractivity contribution is 7.89. The summed E-state index contributed by atoms with van der Waals surface area (Å²) < 4.78 is 36.1. The predicted molar refractivity (Wildman–Crippen MR) is 145 cm³/mol. The molecule has 0 spiro atoms. The molecule has 1 unspecified atom stereocenters. The molecule has 0 saturated carbocycles. The Hall–Kier alpha value is -3.51. The van der Waals surface area contributed by atoms with Crippen LogP contribution in [0.3, 0.4) is 0 Å². The van der Waals surface area contributed by atoms with Crippen molar-refractivity contribution in [3.8, 4) is 10.4 Å². The topological polar surface area (TPSA) is 101 Å². The number of likely N-dealkylation sites (N-methyl/N-ethyl adjacent to an activating group) is 1. The van der Waals surface area contributed by atoms with Crippen LogP contribution in [0, 0.1) is 0 Å². The molecule has 2 aliphatic heterocycles. The van der Waals surface area contributed by atoms with Gasteiger partial charge in [0, 0.05) is 57.9 Å². The molecular weight excluding hydrogens is 529 g/mol. The van der Waals surface area contributed by atoms with E-state index in [0.29, 0.717) is 12.2 Å². The normalized spacial score (nSPS) is 18.9. The number of benzene rings is 1. The molecule has 2 N–H and O–H groups in total. The van der Waals surface area contributed by atoms with E-state index in [-0.39, 0.29) is 16.4 Å². The summed E-state index contributed by atoms with van der Waals surface area (Å²) >= 11 is 3.21. The number of rotatable bonds is 1. The molecule has 1 amide bonds. The second-order valence-electron chi connectivity index (χ2n) is 8.70. The smallest absolute Gasteiger partial charge is 0.261 e. The van der Waals surface area contributed by atoms with Crippen LogP contribution in [-0.4, -0.2) is 44.6 Å². The number of hydrogen-bond donors (Lipinski definition) is 2. The first-order valence-corrected chi connectivity index (χ1v) is 14.5. The summed E-state index contributed by atoms with van der Waals surface area (Å²) in [5, 5.41) is 2.90. The van der Waals surface area contributed by atoms with Gasteiger partial charge in [-0.3, -0.25) is 14.5 Å².